The lowest BCUT2D eigenvalue weighted by molar-refractivity contribution is 0.707. The lowest BCUT2D eigenvalue weighted by Gasteiger charge is -2.07. The normalized spacial score (nSPS) is 16.4. The van der Waals surface area contributed by atoms with Gasteiger partial charge < -0.3 is 0 Å². The van der Waals surface area contributed by atoms with Crippen molar-refractivity contribution in [2.45, 2.75) is 37.1 Å². The molecule has 1 aromatic heterocycles. The van der Waals surface area contributed by atoms with Crippen LogP contribution >= 0.6 is 11.8 Å². The van der Waals surface area contributed by atoms with E-state index in [1.165, 1.54) is 42.0 Å². The number of aryl methyl sites for hydroxylation is 1. The molecule has 0 unspecified atom stereocenters. The van der Waals surface area contributed by atoms with Crippen LogP contribution in [0.3, 0.4) is 0 Å². The Balaban J connectivity index is 2.40. The quantitative estimate of drug-likeness (QED) is 0.390. The summed E-state index contributed by atoms with van der Waals surface area (Å²) in [6.45, 7) is 0. The van der Waals surface area contributed by atoms with Crippen LogP contribution in [0.5, 0.6) is 0 Å². The van der Waals surface area contributed by atoms with E-state index in [2.05, 4.69) is 16.2 Å². The smallest absolute Gasteiger partial charge is 0.116 e. The molecule has 2 nitrogen and oxygen atoms in total. The van der Waals surface area contributed by atoms with Crippen molar-refractivity contribution in [1.29, 1.82) is 0 Å². The van der Waals surface area contributed by atoms with Gasteiger partial charge in [-0.2, -0.15) is 0 Å². The number of rotatable bonds is 1. The minimum Gasteiger partial charge on any atom is -0.241 e. The molecule has 1 aliphatic rings. The molecule has 13 heavy (non-hydrogen) atoms. The van der Waals surface area contributed by atoms with Crippen molar-refractivity contribution in [1.82, 2.24) is 9.97 Å². The van der Waals surface area contributed by atoms with E-state index in [1.54, 1.807) is 18.1 Å². The highest BCUT2D eigenvalue weighted by Crippen LogP contribution is 2.25. The summed E-state index contributed by atoms with van der Waals surface area (Å²) in [7, 11) is 0. The molecule has 70 valence electrons. The highest BCUT2D eigenvalue weighted by atomic mass is 32.2. The van der Waals surface area contributed by atoms with Crippen LogP contribution in [0.25, 0.3) is 0 Å². The van der Waals surface area contributed by atoms with Gasteiger partial charge in [-0.15, -0.1) is 11.8 Å². The third-order valence-corrected chi connectivity index (χ3v) is 3.27. The Morgan fingerprint density at radius 2 is 2.00 bits per heavy atom. The van der Waals surface area contributed by atoms with E-state index < -0.39 is 0 Å². The number of fused-ring (bicyclic) bond motifs is 1. The van der Waals surface area contributed by atoms with Crippen molar-refractivity contribution in [2.24, 2.45) is 0 Å². The van der Waals surface area contributed by atoms with Crippen molar-refractivity contribution >= 4 is 11.8 Å². The van der Waals surface area contributed by atoms with Crippen molar-refractivity contribution in [3.8, 4) is 0 Å². The summed E-state index contributed by atoms with van der Waals surface area (Å²) in [5.41, 5.74) is 2.70. The maximum absolute atomic E-state index is 4.36. The van der Waals surface area contributed by atoms with E-state index >= 15 is 0 Å². The molecule has 0 radical (unpaired) electrons. The lowest BCUT2D eigenvalue weighted by Crippen LogP contribution is -1.99. The molecule has 0 aromatic carbocycles. The number of aromatic nitrogens is 2. The fourth-order valence-electron chi connectivity index (χ4n) is 1.84. The standard InChI is InChI=1S/C10H14N2S/c1-13-10-8-5-3-2-4-6-9(8)11-7-12-10/h7H,2-6H2,1H3. The summed E-state index contributed by atoms with van der Waals surface area (Å²) in [5, 5.41) is 1.19. The molecular weight excluding hydrogens is 180 g/mol. The van der Waals surface area contributed by atoms with Gasteiger partial charge in [-0.05, 0) is 31.9 Å². The molecule has 0 N–H and O–H groups in total. The second kappa shape index (κ2) is 4.09. The van der Waals surface area contributed by atoms with Gasteiger partial charge in [0, 0.05) is 11.3 Å². The summed E-state index contributed by atoms with van der Waals surface area (Å²) in [6, 6.07) is 0. The van der Waals surface area contributed by atoms with Gasteiger partial charge in [0.2, 0.25) is 0 Å². The monoisotopic (exact) mass is 194 g/mol. The molecule has 2 rings (SSSR count). The molecule has 1 heterocycles. The average Bonchev–Trinajstić information content (AvgIpc) is 2.41. The highest BCUT2D eigenvalue weighted by Gasteiger charge is 2.12. The maximum Gasteiger partial charge on any atom is 0.116 e. The van der Waals surface area contributed by atoms with E-state index in [9.17, 15) is 0 Å². The molecule has 1 aliphatic carbocycles. The fraction of sp³-hybridized carbons (Fsp3) is 0.600. The third kappa shape index (κ3) is 1.85. The van der Waals surface area contributed by atoms with Gasteiger partial charge in [0.15, 0.2) is 0 Å². The molecule has 0 saturated carbocycles. The molecule has 1 aromatic rings. The van der Waals surface area contributed by atoms with Gasteiger partial charge in [-0.3, -0.25) is 0 Å². The first-order valence-corrected chi connectivity index (χ1v) is 6.01. The Kier molecular flexibility index (Phi) is 2.83. The van der Waals surface area contributed by atoms with Gasteiger partial charge >= 0.3 is 0 Å². The van der Waals surface area contributed by atoms with Crippen LogP contribution in [-0.4, -0.2) is 16.2 Å². The van der Waals surface area contributed by atoms with Crippen molar-refractivity contribution < 1.29 is 0 Å². The minimum atomic E-state index is 1.14. The molecule has 0 bridgehead atoms. The zero-order chi connectivity index (χ0) is 9.10. The first-order valence-electron chi connectivity index (χ1n) is 4.78. The van der Waals surface area contributed by atoms with Crippen LogP contribution < -0.4 is 0 Å². The van der Waals surface area contributed by atoms with Crippen molar-refractivity contribution in [2.75, 3.05) is 6.26 Å². The van der Waals surface area contributed by atoms with E-state index in [0.29, 0.717) is 0 Å². The van der Waals surface area contributed by atoms with Gasteiger partial charge in [0.25, 0.3) is 0 Å². The summed E-state index contributed by atoms with van der Waals surface area (Å²) < 4.78 is 0. The largest absolute Gasteiger partial charge is 0.241 e. The Hall–Kier alpha value is -0.570. The van der Waals surface area contributed by atoms with E-state index in [-0.39, 0.29) is 0 Å². The Labute approximate surface area is 83.2 Å². The lowest BCUT2D eigenvalue weighted by atomic mass is 10.1. The molecule has 0 aliphatic heterocycles. The maximum atomic E-state index is 4.36. The minimum absolute atomic E-state index is 1.14. The molecule has 0 fully saturated rings. The number of hydrogen-bond acceptors (Lipinski definition) is 3. The van der Waals surface area contributed by atoms with Gasteiger partial charge in [-0.25, -0.2) is 9.97 Å². The van der Waals surface area contributed by atoms with Gasteiger partial charge in [-0.1, -0.05) is 6.42 Å². The predicted molar refractivity (Wildman–Crippen MR) is 55.1 cm³/mol. The summed E-state index contributed by atoms with van der Waals surface area (Å²) in [4.78, 5) is 8.67. The summed E-state index contributed by atoms with van der Waals surface area (Å²) >= 11 is 1.74. The molecule has 0 saturated heterocycles. The molecular formula is C10H14N2S. The summed E-state index contributed by atoms with van der Waals surface area (Å²) in [6.07, 6.45) is 10.0. The van der Waals surface area contributed by atoms with Crippen LogP contribution in [-0.2, 0) is 12.8 Å². The van der Waals surface area contributed by atoms with Crippen LogP contribution in [0.15, 0.2) is 11.4 Å². The van der Waals surface area contributed by atoms with Crippen LogP contribution in [0.2, 0.25) is 0 Å². The predicted octanol–water partition coefficient (Wildman–Crippen LogP) is 2.47. The zero-order valence-corrected chi connectivity index (χ0v) is 8.73. The van der Waals surface area contributed by atoms with E-state index in [0.717, 1.165) is 6.42 Å². The van der Waals surface area contributed by atoms with Crippen LogP contribution in [0.1, 0.15) is 30.5 Å². The molecule has 0 spiro atoms. The third-order valence-electron chi connectivity index (χ3n) is 2.53. The molecule has 0 atom stereocenters. The Morgan fingerprint density at radius 3 is 2.85 bits per heavy atom. The Morgan fingerprint density at radius 1 is 1.15 bits per heavy atom. The SMILES string of the molecule is CSc1ncnc2c1CCCCC2. The van der Waals surface area contributed by atoms with Crippen molar-refractivity contribution in [3.63, 3.8) is 0 Å². The Bertz CT molecular complexity index is 299. The average molecular weight is 194 g/mol. The second-order valence-electron chi connectivity index (χ2n) is 3.37. The highest BCUT2D eigenvalue weighted by molar-refractivity contribution is 7.98. The van der Waals surface area contributed by atoms with Crippen LogP contribution in [0.4, 0.5) is 0 Å². The second-order valence-corrected chi connectivity index (χ2v) is 4.16. The zero-order valence-electron chi connectivity index (χ0n) is 7.92. The van der Waals surface area contributed by atoms with Crippen LogP contribution in [0, 0.1) is 0 Å². The first kappa shape index (κ1) is 9.00. The van der Waals surface area contributed by atoms with Gasteiger partial charge in [0.1, 0.15) is 11.4 Å². The molecule has 0 amide bonds. The number of hydrogen-bond donors (Lipinski definition) is 0. The summed E-state index contributed by atoms with van der Waals surface area (Å²) in [5.74, 6) is 0. The fourth-order valence-corrected chi connectivity index (χ4v) is 2.46. The topological polar surface area (TPSA) is 25.8 Å². The van der Waals surface area contributed by atoms with Crippen molar-refractivity contribution in [3.05, 3.63) is 17.6 Å². The number of thioether (sulfide) groups is 1. The number of nitrogens with zero attached hydrogens (tertiary/aromatic N) is 2. The molecule has 3 heteroatoms. The first-order chi connectivity index (χ1) is 6.42. The van der Waals surface area contributed by atoms with Gasteiger partial charge in [0.05, 0.1) is 0 Å². The van der Waals surface area contributed by atoms with E-state index in [4.69, 9.17) is 0 Å². The van der Waals surface area contributed by atoms with E-state index in [1.807, 2.05) is 0 Å².